The molecule has 0 unspecified atom stereocenters. The molecule has 0 amide bonds. The summed E-state index contributed by atoms with van der Waals surface area (Å²) in [5.41, 5.74) is 2.86. The number of hydrogen-bond donors (Lipinski definition) is 0. The van der Waals surface area contributed by atoms with Gasteiger partial charge in [0.05, 0.1) is 0 Å². The van der Waals surface area contributed by atoms with Crippen molar-refractivity contribution in [3.63, 3.8) is 0 Å². The van der Waals surface area contributed by atoms with Gasteiger partial charge in [0.15, 0.2) is 0 Å². The van der Waals surface area contributed by atoms with Crippen LogP contribution in [-0.2, 0) is 6.54 Å². The maximum Gasteiger partial charge on any atom is 0.150 e. The molecule has 2 rings (SSSR count). The van der Waals surface area contributed by atoms with E-state index in [0.717, 1.165) is 29.8 Å². The second kappa shape index (κ2) is 4.31. The second-order valence-corrected chi connectivity index (χ2v) is 3.73. The number of rotatable bonds is 3. The molecule has 0 bridgehead atoms. The van der Waals surface area contributed by atoms with Crippen molar-refractivity contribution in [2.75, 3.05) is 0 Å². The van der Waals surface area contributed by atoms with Crippen LogP contribution in [0.1, 0.15) is 22.8 Å². The monoisotopic (exact) mass is 214 g/mol. The molecule has 1 aromatic heterocycles. The van der Waals surface area contributed by atoms with Crippen LogP contribution >= 0.6 is 0 Å². The molecule has 0 saturated carbocycles. The van der Waals surface area contributed by atoms with Gasteiger partial charge in [-0.05, 0) is 25.5 Å². The molecule has 0 aliphatic rings. The van der Waals surface area contributed by atoms with E-state index in [1.54, 1.807) is 6.20 Å². The first-order valence-electron chi connectivity index (χ1n) is 5.33. The molecular weight excluding hydrogens is 200 g/mol. The zero-order chi connectivity index (χ0) is 11.5. The van der Waals surface area contributed by atoms with Gasteiger partial charge in [-0.1, -0.05) is 12.1 Å². The summed E-state index contributed by atoms with van der Waals surface area (Å²) in [5.74, 6) is 0.956. The number of carbonyl (C=O) groups excluding carboxylic acids is 1. The van der Waals surface area contributed by atoms with Gasteiger partial charge in [-0.15, -0.1) is 0 Å². The molecule has 1 aromatic carbocycles. The molecule has 0 atom stereocenters. The average Bonchev–Trinajstić information content (AvgIpc) is 2.76. The standard InChI is InChI=1S/C13H14N2O/c1-3-15-7-6-14-13(15)12-5-4-11(9-16)8-10(12)2/h4-9H,3H2,1-2H3. The molecule has 0 spiro atoms. The quantitative estimate of drug-likeness (QED) is 0.736. The van der Waals surface area contributed by atoms with Gasteiger partial charge in [0.2, 0.25) is 0 Å². The number of aryl methyl sites for hydroxylation is 2. The van der Waals surface area contributed by atoms with E-state index in [0.29, 0.717) is 5.56 Å². The zero-order valence-electron chi connectivity index (χ0n) is 9.47. The van der Waals surface area contributed by atoms with Gasteiger partial charge in [0.25, 0.3) is 0 Å². The predicted octanol–water partition coefficient (Wildman–Crippen LogP) is 2.69. The summed E-state index contributed by atoms with van der Waals surface area (Å²) in [5, 5.41) is 0. The maximum absolute atomic E-state index is 10.7. The lowest BCUT2D eigenvalue weighted by molar-refractivity contribution is 0.112. The van der Waals surface area contributed by atoms with Crippen LogP contribution in [0.4, 0.5) is 0 Å². The Bertz CT molecular complexity index is 514. The minimum Gasteiger partial charge on any atom is -0.331 e. The highest BCUT2D eigenvalue weighted by molar-refractivity contribution is 5.77. The molecule has 0 radical (unpaired) electrons. The molecule has 0 aliphatic heterocycles. The molecule has 2 aromatic rings. The molecule has 1 heterocycles. The molecule has 0 N–H and O–H groups in total. The highest BCUT2D eigenvalue weighted by atomic mass is 16.1. The fraction of sp³-hybridized carbons (Fsp3) is 0.231. The highest BCUT2D eigenvalue weighted by Crippen LogP contribution is 2.22. The Morgan fingerprint density at radius 3 is 2.88 bits per heavy atom. The second-order valence-electron chi connectivity index (χ2n) is 3.73. The molecule has 3 nitrogen and oxygen atoms in total. The number of carbonyl (C=O) groups is 1. The van der Waals surface area contributed by atoms with Crippen LogP contribution in [-0.4, -0.2) is 15.8 Å². The number of aromatic nitrogens is 2. The normalized spacial score (nSPS) is 10.4. The van der Waals surface area contributed by atoms with Crippen LogP contribution in [0.25, 0.3) is 11.4 Å². The summed E-state index contributed by atoms with van der Waals surface area (Å²) in [6, 6.07) is 5.66. The lowest BCUT2D eigenvalue weighted by Crippen LogP contribution is -1.98. The van der Waals surface area contributed by atoms with Crippen molar-refractivity contribution in [2.45, 2.75) is 20.4 Å². The Hall–Kier alpha value is -1.90. The maximum atomic E-state index is 10.7. The first-order chi connectivity index (χ1) is 7.76. The Labute approximate surface area is 94.7 Å². The third-order valence-corrected chi connectivity index (χ3v) is 2.68. The van der Waals surface area contributed by atoms with Crippen molar-refractivity contribution in [1.82, 2.24) is 9.55 Å². The molecule has 0 saturated heterocycles. The van der Waals surface area contributed by atoms with Crippen LogP contribution in [0.15, 0.2) is 30.6 Å². The molecule has 0 fully saturated rings. The Kier molecular flexibility index (Phi) is 2.86. The van der Waals surface area contributed by atoms with E-state index in [1.807, 2.05) is 31.3 Å². The number of nitrogens with zero attached hydrogens (tertiary/aromatic N) is 2. The molecular formula is C13H14N2O. The van der Waals surface area contributed by atoms with E-state index in [-0.39, 0.29) is 0 Å². The SMILES string of the molecule is CCn1ccnc1-c1ccc(C=O)cc1C. The van der Waals surface area contributed by atoms with Gasteiger partial charge in [0, 0.05) is 30.1 Å². The van der Waals surface area contributed by atoms with Gasteiger partial charge >= 0.3 is 0 Å². The molecule has 0 aliphatic carbocycles. The van der Waals surface area contributed by atoms with Gasteiger partial charge < -0.3 is 4.57 Å². The Balaban J connectivity index is 2.52. The van der Waals surface area contributed by atoms with Crippen molar-refractivity contribution in [2.24, 2.45) is 0 Å². The van der Waals surface area contributed by atoms with Crippen molar-refractivity contribution in [3.8, 4) is 11.4 Å². The fourth-order valence-electron chi connectivity index (χ4n) is 1.82. The smallest absolute Gasteiger partial charge is 0.150 e. The third kappa shape index (κ3) is 1.76. The van der Waals surface area contributed by atoms with E-state index in [4.69, 9.17) is 0 Å². The Morgan fingerprint density at radius 1 is 1.44 bits per heavy atom. The van der Waals surface area contributed by atoms with Crippen molar-refractivity contribution in [3.05, 3.63) is 41.7 Å². The summed E-state index contributed by atoms with van der Waals surface area (Å²) < 4.78 is 2.09. The zero-order valence-corrected chi connectivity index (χ0v) is 9.47. The summed E-state index contributed by atoms with van der Waals surface area (Å²) in [6.07, 6.45) is 4.62. The van der Waals surface area contributed by atoms with Gasteiger partial charge in [-0.25, -0.2) is 4.98 Å². The van der Waals surface area contributed by atoms with E-state index < -0.39 is 0 Å². The minimum absolute atomic E-state index is 0.704. The topological polar surface area (TPSA) is 34.9 Å². The van der Waals surface area contributed by atoms with Gasteiger partial charge in [-0.3, -0.25) is 4.79 Å². The number of imidazole rings is 1. The minimum atomic E-state index is 0.704. The van der Waals surface area contributed by atoms with Crippen molar-refractivity contribution < 1.29 is 4.79 Å². The number of hydrogen-bond acceptors (Lipinski definition) is 2. The summed E-state index contributed by atoms with van der Waals surface area (Å²) in [7, 11) is 0. The Morgan fingerprint density at radius 2 is 2.25 bits per heavy atom. The summed E-state index contributed by atoms with van der Waals surface area (Å²) in [6.45, 7) is 4.97. The van der Waals surface area contributed by atoms with E-state index in [2.05, 4.69) is 16.5 Å². The van der Waals surface area contributed by atoms with E-state index in [9.17, 15) is 4.79 Å². The summed E-state index contributed by atoms with van der Waals surface area (Å²) in [4.78, 5) is 15.0. The van der Waals surface area contributed by atoms with Crippen LogP contribution in [0.5, 0.6) is 0 Å². The molecule has 16 heavy (non-hydrogen) atoms. The first-order valence-corrected chi connectivity index (χ1v) is 5.33. The third-order valence-electron chi connectivity index (χ3n) is 2.68. The van der Waals surface area contributed by atoms with Crippen LogP contribution in [0.3, 0.4) is 0 Å². The first kappa shape index (κ1) is 10.6. The number of aldehydes is 1. The lowest BCUT2D eigenvalue weighted by atomic mass is 10.1. The van der Waals surface area contributed by atoms with Crippen molar-refractivity contribution in [1.29, 1.82) is 0 Å². The van der Waals surface area contributed by atoms with E-state index in [1.165, 1.54) is 0 Å². The predicted molar refractivity (Wildman–Crippen MR) is 63.5 cm³/mol. The average molecular weight is 214 g/mol. The van der Waals surface area contributed by atoms with Crippen LogP contribution in [0.2, 0.25) is 0 Å². The largest absolute Gasteiger partial charge is 0.331 e. The van der Waals surface area contributed by atoms with Crippen LogP contribution < -0.4 is 0 Å². The van der Waals surface area contributed by atoms with Gasteiger partial charge in [-0.2, -0.15) is 0 Å². The fourth-order valence-corrected chi connectivity index (χ4v) is 1.82. The number of benzene rings is 1. The van der Waals surface area contributed by atoms with E-state index >= 15 is 0 Å². The van der Waals surface area contributed by atoms with Gasteiger partial charge in [0.1, 0.15) is 12.1 Å². The summed E-state index contributed by atoms with van der Waals surface area (Å²) >= 11 is 0. The van der Waals surface area contributed by atoms with Crippen molar-refractivity contribution >= 4 is 6.29 Å². The molecule has 3 heteroatoms. The highest BCUT2D eigenvalue weighted by Gasteiger charge is 2.07. The lowest BCUT2D eigenvalue weighted by Gasteiger charge is -2.08. The van der Waals surface area contributed by atoms with Crippen LogP contribution in [0, 0.1) is 6.92 Å². The molecule has 82 valence electrons.